The molecule has 1 aromatic rings. The Hall–Kier alpha value is -0.800. The van der Waals surface area contributed by atoms with Crippen molar-refractivity contribution in [1.82, 2.24) is 10.2 Å². The van der Waals surface area contributed by atoms with Crippen LogP contribution in [0.1, 0.15) is 30.2 Å². The zero-order chi connectivity index (χ0) is 10.7. The predicted molar refractivity (Wildman–Crippen MR) is 60.9 cm³/mol. The van der Waals surface area contributed by atoms with Gasteiger partial charge in [0.15, 0.2) is 0 Å². The van der Waals surface area contributed by atoms with Gasteiger partial charge in [-0.05, 0) is 33.0 Å². The lowest BCUT2D eigenvalue weighted by molar-refractivity contribution is 0.363. The lowest BCUT2D eigenvalue weighted by Crippen LogP contribution is -2.31. The smallest absolute Gasteiger partial charge is 0.108 e. The lowest BCUT2D eigenvalue weighted by atomic mass is 9.93. The molecule has 0 saturated heterocycles. The molecule has 0 saturated carbocycles. The molecule has 1 aromatic heterocycles. The summed E-state index contributed by atoms with van der Waals surface area (Å²) in [5, 5.41) is 3.59. The number of nitrogens with zero attached hydrogens (tertiary/aromatic N) is 1. The molecule has 0 spiro atoms. The molecule has 0 aliphatic heterocycles. The number of furan rings is 1. The highest BCUT2D eigenvalue weighted by Gasteiger charge is 2.21. The van der Waals surface area contributed by atoms with Gasteiger partial charge in [-0.25, -0.2) is 0 Å². The number of hydrogen-bond acceptors (Lipinski definition) is 3. The number of likely N-dealkylation sites (N-methyl/N-ethyl adjacent to an activating group) is 1. The molecule has 0 bridgehead atoms. The Kier molecular flexibility index (Phi) is 3.44. The number of nitrogens with one attached hydrogen (secondary N) is 1. The van der Waals surface area contributed by atoms with Crippen LogP contribution in [0.25, 0.3) is 0 Å². The van der Waals surface area contributed by atoms with Gasteiger partial charge >= 0.3 is 0 Å². The lowest BCUT2D eigenvalue weighted by Gasteiger charge is -2.23. The van der Waals surface area contributed by atoms with Crippen LogP contribution in [0.4, 0.5) is 0 Å². The minimum Gasteiger partial charge on any atom is -0.469 e. The molecule has 1 atom stereocenters. The first kappa shape index (κ1) is 10.7. The highest BCUT2D eigenvalue weighted by atomic mass is 16.3. The second-order valence-corrected chi connectivity index (χ2v) is 4.50. The van der Waals surface area contributed by atoms with Crippen molar-refractivity contribution in [2.75, 3.05) is 27.2 Å². The predicted octanol–water partition coefficient (Wildman–Crippen LogP) is 1.81. The average molecular weight is 208 g/mol. The molecule has 1 aliphatic carbocycles. The van der Waals surface area contributed by atoms with Crippen molar-refractivity contribution < 1.29 is 4.42 Å². The van der Waals surface area contributed by atoms with Gasteiger partial charge in [0.25, 0.3) is 0 Å². The Morgan fingerprint density at radius 3 is 3.20 bits per heavy atom. The molecule has 1 aliphatic rings. The van der Waals surface area contributed by atoms with Gasteiger partial charge in [-0.3, -0.25) is 0 Å². The minimum atomic E-state index is 0.507. The van der Waals surface area contributed by atoms with E-state index >= 15 is 0 Å². The Bertz CT molecular complexity index is 306. The van der Waals surface area contributed by atoms with Crippen molar-refractivity contribution >= 4 is 0 Å². The van der Waals surface area contributed by atoms with Gasteiger partial charge in [0.1, 0.15) is 5.76 Å². The van der Waals surface area contributed by atoms with Gasteiger partial charge in [-0.2, -0.15) is 0 Å². The summed E-state index contributed by atoms with van der Waals surface area (Å²) in [5.74, 6) is 1.18. The van der Waals surface area contributed by atoms with E-state index in [4.69, 9.17) is 4.42 Å². The summed E-state index contributed by atoms with van der Waals surface area (Å²) in [4.78, 5) is 2.20. The highest BCUT2D eigenvalue weighted by Crippen LogP contribution is 2.30. The van der Waals surface area contributed by atoms with Crippen LogP contribution in [0.3, 0.4) is 0 Å². The molecule has 0 radical (unpaired) electrons. The minimum absolute atomic E-state index is 0.507. The van der Waals surface area contributed by atoms with E-state index < -0.39 is 0 Å². The standard InChI is InChI=1S/C12H20N2O/c1-14(2)8-7-13-11-4-3-5-12-10(11)6-9-15-12/h6,9,11,13H,3-5,7-8H2,1-2H3. The van der Waals surface area contributed by atoms with Crippen LogP contribution in [0.2, 0.25) is 0 Å². The molecule has 1 N–H and O–H groups in total. The van der Waals surface area contributed by atoms with E-state index in [1.54, 1.807) is 0 Å². The summed E-state index contributed by atoms with van der Waals surface area (Å²) >= 11 is 0. The molecular formula is C12H20N2O. The maximum absolute atomic E-state index is 5.46. The fourth-order valence-electron chi connectivity index (χ4n) is 2.16. The average Bonchev–Trinajstić information content (AvgIpc) is 2.65. The quantitative estimate of drug-likeness (QED) is 0.818. The van der Waals surface area contributed by atoms with Gasteiger partial charge in [0.05, 0.1) is 6.26 Å². The Balaban J connectivity index is 1.89. The van der Waals surface area contributed by atoms with Gasteiger partial charge in [-0.1, -0.05) is 0 Å². The van der Waals surface area contributed by atoms with Crippen molar-refractivity contribution in [3.8, 4) is 0 Å². The van der Waals surface area contributed by atoms with Crippen LogP contribution >= 0.6 is 0 Å². The van der Waals surface area contributed by atoms with Gasteiger partial charge < -0.3 is 14.6 Å². The highest BCUT2D eigenvalue weighted by molar-refractivity contribution is 5.23. The third-order valence-corrected chi connectivity index (χ3v) is 3.00. The molecule has 0 fully saturated rings. The first-order valence-electron chi connectivity index (χ1n) is 5.72. The van der Waals surface area contributed by atoms with Crippen LogP contribution in [0.15, 0.2) is 16.7 Å². The fraction of sp³-hybridized carbons (Fsp3) is 0.667. The van der Waals surface area contributed by atoms with Crippen LogP contribution in [0, 0.1) is 0 Å². The second kappa shape index (κ2) is 4.81. The molecule has 15 heavy (non-hydrogen) atoms. The number of aryl methyl sites for hydroxylation is 1. The van der Waals surface area contributed by atoms with E-state index in [1.807, 2.05) is 6.26 Å². The first-order chi connectivity index (χ1) is 7.27. The molecule has 3 heteroatoms. The summed E-state index contributed by atoms with van der Waals surface area (Å²) < 4.78 is 5.46. The maximum Gasteiger partial charge on any atom is 0.108 e. The second-order valence-electron chi connectivity index (χ2n) is 4.50. The van der Waals surface area contributed by atoms with Crippen molar-refractivity contribution in [1.29, 1.82) is 0 Å². The largest absolute Gasteiger partial charge is 0.469 e. The molecule has 1 heterocycles. The summed E-state index contributed by atoms with van der Waals surface area (Å²) in [6.07, 6.45) is 5.39. The molecule has 2 rings (SSSR count). The van der Waals surface area contributed by atoms with E-state index in [0.29, 0.717) is 6.04 Å². The third-order valence-electron chi connectivity index (χ3n) is 3.00. The SMILES string of the molecule is CN(C)CCNC1CCCc2occc21. The maximum atomic E-state index is 5.46. The van der Waals surface area contributed by atoms with E-state index in [-0.39, 0.29) is 0 Å². The Morgan fingerprint density at radius 2 is 2.40 bits per heavy atom. The summed E-state index contributed by atoms with van der Waals surface area (Å²) in [7, 11) is 4.21. The third kappa shape index (κ3) is 2.61. The zero-order valence-electron chi connectivity index (χ0n) is 9.62. The number of fused-ring (bicyclic) bond motifs is 1. The molecule has 84 valence electrons. The molecule has 3 nitrogen and oxygen atoms in total. The van der Waals surface area contributed by atoms with Crippen LogP contribution in [0.5, 0.6) is 0 Å². The van der Waals surface area contributed by atoms with Crippen LogP contribution in [-0.4, -0.2) is 32.1 Å². The monoisotopic (exact) mass is 208 g/mol. The molecule has 0 aromatic carbocycles. The van der Waals surface area contributed by atoms with Crippen molar-refractivity contribution in [2.45, 2.75) is 25.3 Å². The van der Waals surface area contributed by atoms with E-state index in [1.165, 1.54) is 24.2 Å². The first-order valence-corrected chi connectivity index (χ1v) is 5.72. The van der Waals surface area contributed by atoms with E-state index in [0.717, 1.165) is 19.5 Å². The van der Waals surface area contributed by atoms with Gasteiger partial charge in [-0.15, -0.1) is 0 Å². The van der Waals surface area contributed by atoms with Crippen LogP contribution in [-0.2, 0) is 6.42 Å². The van der Waals surface area contributed by atoms with Crippen molar-refractivity contribution in [3.63, 3.8) is 0 Å². The van der Waals surface area contributed by atoms with Crippen LogP contribution < -0.4 is 5.32 Å². The van der Waals surface area contributed by atoms with E-state index in [9.17, 15) is 0 Å². The topological polar surface area (TPSA) is 28.4 Å². The van der Waals surface area contributed by atoms with E-state index in [2.05, 4.69) is 30.4 Å². The molecule has 1 unspecified atom stereocenters. The number of hydrogen-bond donors (Lipinski definition) is 1. The Labute approximate surface area is 91.4 Å². The zero-order valence-corrected chi connectivity index (χ0v) is 9.62. The summed E-state index contributed by atoms with van der Waals surface area (Å²) in [5.41, 5.74) is 1.38. The summed E-state index contributed by atoms with van der Waals surface area (Å²) in [6.45, 7) is 2.13. The normalized spacial score (nSPS) is 20.6. The van der Waals surface area contributed by atoms with Gasteiger partial charge in [0.2, 0.25) is 0 Å². The van der Waals surface area contributed by atoms with Crippen molar-refractivity contribution in [2.24, 2.45) is 0 Å². The molecular weight excluding hydrogens is 188 g/mol. The van der Waals surface area contributed by atoms with Gasteiger partial charge in [0, 0.05) is 31.1 Å². The number of rotatable bonds is 4. The Morgan fingerprint density at radius 1 is 1.53 bits per heavy atom. The van der Waals surface area contributed by atoms with Crippen molar-refractivity contribution in [3.05, 3.63) is 23.7 Å². The summed E-state index contributed by atoms with van der Waals surface area (Å²) in [6, 6.07) is 2.62. The fourth-order valence-corrected chi connectivity index (χ4v) is 2.16. The molecule has 0 amide bonds.